The first-order valence-electron chi connectivity index (χ1n) is 9.78. The Balaban J connectivity index is 1.48. The normalized spacial score (nSPS) is 11.3. The fraction of sp³-hybridized carbons (Fsp3) is 0.200. The molecule has 3 rings (SSSR count). The Hall–Kier alpha value is -3.60. The van der Waals surface area contributed by atoms with Gasteiger partial charge in [-0.3, -0.25) is 4.79 Å². The summed E-state index contributed by atoms with van der Waals surface area (Å²) in [6.07, 6.45) is 1.56. The molecule has 0 saturated carbocycles. The highest BCUT2D eigenvalue weighted by molar-refractivity contribution is 5.83. The summed E-state index contributed by atoms with van der Waals surface area (Å²) < 4.78 is 11.3. The van der Waals surface area contributed by atoms with Crippen molar-refractivity contribution in [3.8, 4) is 17.2 Å². The third-order valence-electron chi connectivity index (χ3n) is 4.33. The summed E-state index contributed by atoms with van der Waals surface area (Å²) in [5.41, 5.74) is 4.57. The van der Waals surface area contributed by atoms with E-state index in [0.717, 1.165) is 11.3 Å². The second-order valence-electron chi connectivity index (χ2n) is 7.84. The molecule has 0 saturated heterocycles. The molecule has 3 aromatic carbocycles. The van der Waals surface area contributed by atoms with E-state index < -0.39 is 0 Å². The Morgan fingerprint density at radius 2 is 1.60 bits per heavy atom. The molecular weight excluding hydrogens is 376 g/mol. The van der Waals surface area contributed by atoms with Crippen molar-refractivity contribution in [3.63, 3.8) is 0 Å². The maximum atomic E-state index is 12.0. The zero-order valence-electron chi connectivity index (χ0n) is 17.5. The van der Waals surface area contributed by atoms with Crippen LogP contribution in [0.15, 0.2) is 84.0 Å². The van der Waals surface area contributed by atoms with Gasteiger partial charge in [0.1, 0.15) is 17.2 Å². The van der Waals surface area contributed by atoms with Gasteiger partial charge in [0.15, 0.2) is 6.61 Å². The zero-order chi connectivity index (χ0) is 21.4. The quantitative estimate of drug-likeness (QED) is 0.431. The lowest BCUT2D eigenvalue weighted by Crippen LogP contribution is -2.24. The number of benzene rings is 3. The smallest absolute Gasteiger partial charge is 0.277 e. The summed E-state index contributed by atoms with van der Waals surface area (Å²) in [5, 5.41) is 3.99. The van der Waals surface area contributed by atoms with Crippen LogP contribution in [0.2, 0.25) is 0 Å². The van der Waals surface area contributed by atoms with Gasteiger partial charge in [-0.1, -0.05) is 63.2 Å². The molecule has 0 heterocycles. The van der Waals surface area contributed by atoms with Crippen molar-refractivity contribution in [2.24, 2.45) is 5.10 Å². The fourth-order valence-electron chi connectivity index (χ4n) is 2.69. The van der Waals surface area contributed by atoms with Gasteiger partial charge in [-0.25, -0.2) is 5.43 Å². The lowest BCUT2D eigenvalue weighted by molar-refractivity contribution is -0.123. The van der Waals surface area contributed by atoms with Crippen LogP contribution < -0.4 is 14.9 Å². The van der Waals surface area contributed by atoms with E-state index in [1.165, 1.54) is 5.56 Å². The number of ether oxygens (including phenoxy) is 2. The number of carbonyl (C=O) groups is 1. The van der Waals surface area contributed by atoms with Gasteiger partial charge in [0.25, 0.3) is 5.91 Å². The third kappa shape index (κ3) is 6.48. The third-order valence-corrected chi connectivity index (χ3v) is 4.33. The molecule has 5 nitrogen and oxygen atoms in total. The summed E-state index contributed by atoms with van der Waals surface area (Å²) in [5.74, 6) is 1.77. The topological polar surface area (TPSA) is 59.9 Å². The molecule has 0 radical (unpaired) electrons. The van der Waals surface area contributed by atoms with Crippen molar-refractivity contribution < 1.29 is 14.3 Å². The van der Waals surface area contributed by atoms with Gasteiger partial charge in [-0.05, 0) is 52.9 Å². The Bertz CT molecular complexity index is 991. The number of carbonyl (C=O) groups excluding carboxylic acids is 1. The van der Waals surface area contributed by atoms with Crippen LogP contribution in [0.1, 0.15) is 31.9 Å². The monoisotopic (exact) mass is 402 g/mol. The van der Waals surface area contributed by atoms with Crippen LogP contribution in [0, 0.1) is 0 Å². The molecule has 0 spiro atoms. The van der Waals surface area contributed by atoms with Crippen molar-refractivity contribution in [1.29, 1.82) is 0 Å². The maximum absolute atomic E-state index is 12.0. The van der Waals surface area contributed by atoms with Crippen molar-refractivity contribution in [3.05, 3.63) is 90.0 Å². The van der Waals surface area contributed by atoms with E-state index in [1.807, 2.05) is 78.9 Å². The first-order chi connectivity index (χ1) is 14.4. The van der Waals surface area contributed by atoms with Crippen LogP contribution in [0.3, 0.4) is 0 Å². The number of amides is 1. The highest BCUT2D eigenvalue weighted by Crippen LogP contribution is 2.24. The van der Waals surface area contributed by atoms with E-state index in [0.29, 0.717) is 11.5 Å². The lowest BCUT2D eigenvalue weighted by Gasteiger charge is -2.19. The minimum atomic E-state index is -0.331. The van der Waals surface area contributed by atoms with E-state index in [-0.39, 0.29) is 17.9 Å². The summed E-state index contributed by atoms with van der Waals surface area (Å²) >= 11 is 0. The van der Waals surface area contributed by atoms with Gasteiger partial charge in [-0.2, -0.15) is 5.10 Å². The maximum Gasteiger partial charge on any atom is 0.277 e. The lowest BCUT2D eigenvalue weighted by atomic mass is 9.87. The fourth-order valence-corrected chi connectivity index (χ4v) is 2.69. The van der Waals surface area contributed by atoms with Gasteiger partial charge in [0, 0.05) is 0 Å². The van der Waals surface area contributed by atoms with Gasteiger partial charge in [0.05, 0.1) is 6.21 Å². The first kappa shape index (κ1) is 21.1. The van der Waals surface area contributed by atoms with Crippen molar-refractivity contribution in [2.45, 2.75) is 26.2 Å². The van der Waals surface area contributed by atoms with Gasteiger partial charge in [0.2, 0.25) is 0 Å². The summed E-state index contributed by atoms with van der Waals surface area (Å²) in [4.78, 5) is 12.0. The second-order valence-corrected chi connectivity index (χ2v) is 7.84. The number of hydrazone groups is 1. The van der Waals surface area contributed by atoms with Crippen LogP contribution >= 0.6 is 0 Å². The largest absolute Gasteiger partial charge is 0.484 e. The van der Waals surface area contributed by atoms with Crippen LogP contribution in [0.4, 0.5) is 0 Å². The summed E-state index contributed by atoms with van der Waals surface area (Å²) in [6, 6.07) is 24.7. The Labute approximate surface area is 177 Å². The van der Waals surface area contributed by atoms with Crippen LogP contribution in [0.25, 0.3) is 0 Å². The highest BCUT2D eigenvalue weighted by Gasteiger charge is 2.13. The molecule has 5 heteroatoms. The number of rotatable bonds is 7. The molecule has 0 aromatic heterocycles. The van der Waals surface area contributed by atoms with Crippen LogP contribution in [0.5, 0.6) is 17.2 Å². The number of nitrogens with zero attached hydrogens (tertiary/aromatic N) is 1. The van der Waals surface area contributed by atoms with Crippen molar-refractivity contribution in [1.82, 2.24) is 5.43 Å². The molecule has 1 N–H and O–H groups in total. The van der Waals surface area contributed by atoms with Gasteiger partial charge < -0.3 is 9.47 Å². The highest BCUT2D eigenvalue weighted by atomic mass is 16.5. The Morgan fingerprint density at radius 1 is 0.900 bits per heavy atom. The van der Waals surface area contributed by atoms with Crippen molar-refractivity contribution in [2.75, 3.05) is 6.61 Å². The van der Waals surface area contributed by atoms with E-state index in [4.69, 9.17) is 9.47 Å². The molecule has 0 atom stereocenters. The molecule has 0 aliphatic rings. The van der Waals surface area contributed by atoms with E-state index >= 15 is 0 Å². The summed E-state index contributed by atoms with van der Waals surface area (Å²) in [7, 11) is 0. The van der Waals surface area contributed by atoms with Gasteiger partial charge in [-0.15, -0.1) is 0 Å². The number of para-hydroxylation sites is 1. The summed E-state index contributed by atoms with van der Waals surface area (Å²) in [6.45, 7) is 6.34. The van der Waals surface area contributed by atoms with Crippen LogP contribution in [-0.4, -0.2) is 18.7 Å². The first-order valence-corrected chi connectivity index (χ1v) is 9.78. The standard InChI is InChI=1S/C25H26N2O3/c1-25(2,3)20-12-14-21(15-13-20)29-18-24(28)27-26-17-19-8-7-11-23(16-19)30-22-9-5-4-6-10-22/h4-17H,18H2,1-3H3,(H,27,28)/b26-17+. The Morgan fingerprint density at radius 3 is 2.30 bits per heavy atom. The minimum absolute atomic E-state index is 0.0774. The second kappa shape index (κ2) is 9.74. The average molecular weight is 402 g/mol. The molecule has 0 aliphatic carbocycles. The zero-order valence-corrected chi connectivity index (χ0v) is 17.5. The molecule has 1 amide bonds. The molecule has 154 valence electrons. The molecule has 30 heavy (non-hydrogen) atoms. The van der Waals surface area contributed by atoms with Crippen LogP contribution in [-0.2, 0) is 10.2 Å². The predicted molar refractivity (Wildman–Crippen MR) is 119 cm³/mol. The average Bonchev–Trinajstić information content (AvgIpc) is 2.73. The minimum Gasteiger partial charge on any atom is -0.484 e. The SMILES string of the molecule is CC(C)(C)c1ccc(OCC(=O)N/N=C/c2cccc(Oc3ccccc3)c2)cc1. The molecule has 0 bridgehead atoms. The van der Waals surface area contributed by atoms with Crippen molar-refractivity contribution >= 4 is 12.1 Å². The molecule has 0 unspecified atom stereocenters. The number of hydrogen-bond donors (Lipinski definition) is 1. The molecule has 3 aromatic rings. The number of nitrogens with one attached hydrogen (secondary N) is 1. The molecule has 0 fully saturated rings. The van der Waals surface area contributed by atoms with E-state index in [1.54, 1.807) is 6.21 Å². The molecular formula is C25H26N2O3. The molecule has 0 aliphatic heterocycles. The van der Waals surface area contributed by atoms with E-state index in [2.05, 4.69) is 31.3 Å². The Kier molecular flexibility index (Phi) is 6.86. The van der Waals surface area contributed by atoms with E-state index in [9.17, 15) is 4.79 Å². The van der Waals surface area contributed by atoms with Gasteiger partial charge >= 0.3 is 0 Å². The number of hydrogen-bond acceptors (Lipinski definition) is 4. The predicted octanol–water partition coefficient (Wildman–Crippen LogP) is 5.31.